The average molecular weight is 411 g/mol. The van der Waals surface area contributed by atoms with Crippen molar-refractivity contribution >= 4 is 27.8 Å². The summed E-state index contributed by atoms with van der Waals surface area (Å²) in [6.45, 7) is 3.05. The molecule has 5 rings (SSSR count). The van der Waals surface area contributed by atoms with Gasteiger partial charge in [0, 0.05) is 6.54 Å². The Morgan fingerprint density at radius 3 is 2.55 bits per heavy atom. The molecule has 0 unspecified atom stereocenters. The summed E-state index contributed by atoms with van der Waals surface area (Å²) in [5, 5.41) is 4.55. The molecule has 0 bridgehead atoms. The minimum Gasteiger partial charge on any atom is -0.494 e. The number of hydrogen-bond acceptors (Lipinski definition) is 5. The average Bonchev–Trinajstić information content (AvgIpc) is 3.19. The van der Waals surface area contributed by atoms with E-state index in [0.717, 1.165) is 22.3 Å². The zero-order valence-corrected chi connectivity index (χ0v) is 17.1. The normalized spacial score (nSPS) is 11.1. The third-order valence-electron chi connectivity index (χ3n) is 5.18. The maximum atomic E-state index is 13.0. The van der Waals surface area contributed by atoms with E-state index in [9.17, 15) is 4.79 Å². The van der Waals surface area contributed by atoms with E-state index in [2.05, 4.69) is 5.32 Å². The second-order valence-electron chi connectivity index (χ2n) is 7.20. The van der Waals surface area contributed by atoms with Crippen molar-refractivity contribution < 1.29 is 13.6 Å². The van der Waals surface area contributed by atoms with E-state index in [1.54, 1.807) is 6.07 Å². The minimum absolute atomic E-state index is 0.419. The molecule has 31 heavy (non-hydrogen) atoms. The van der Waals surface area contributed by atoms with E-state index >= 15 is 0 Å². The molecular weight excluding hydrogens is 390 g/mol. The molecule has 0 amide bonds. The minimum atomic E-state index is -0.429. The maximum Gasteiger partial charge on any atom is 0.348 e. The highest BCUT2D eigenvalue weighted by molar-refractivity contribution is 6.09. The number of hydrogen-bond donors (Lipinski definition) is 1. The summed E-state index contributed by atoms with van der Waals surface area (Å²) < 4.78 is 17.5. The molecular formula is C26H21NO4. The van der Waals surface area contributed by atoms with Gasteiger partial charge in [0.25, 0.3) is 0 Å². The molecule has 0 aliphatic rings. The lowest BCUT2D eigenvalue weighted by molar-refractivity contribution is 0.340. The van der Waals surface area contributed by atoms with Gasteiger partial charge in [-0.2, -0.15) is 0 Å². The van der Waals surface area contributed by atoms with Crippen LogP contribution in [0.25, 0.3) is 33.1 Å². The molecule has 5 aromatic rings. The van der Waals surface area contributed by atoms with E-state index in [1.165, 1.54) is 0 Å². The fourth-order valence-electron chi connectivity index (χ4n) is 3.80. The Hall–Kier alpha value is -3.99. The molecule has 1 N–H and O–H groups in total. The van der Waals surface area contributed by atoms with E-state index < -0.39 is 5.63 Å². The number of furan rings is 1. The van der Waals surface area contributed by atoms with Gasteiger partial charge in [-0.25, -0.2) is 4.79 Å². The summed E-state index contributed by atoms with van der Waals surface area (Å²) in [5.74, 6) is 1.25. The highest BCUT2D eigenvalue weighted by Gasteiger charge is 2.22. The third-order valence-corrected chi connectivity index (χ3v) is 5.18. The first-order chi connectivity index (χ1) is 15.2. The molecule has 5 nitrogen and oxygen atoms in total. The largest absolute Gasteiger partial charge is 0.494 e. The molecule has 0 saturated heterocycles. The van der Waals surface area contributed by atoms with Crippen LogP contribution in [0.15, 0.2) is 92.5 Å². The molecule has 2 aromatic heterocycles. The molecule has 0 spiro atoms. The van der Waals surface area contributed by atoms with Crippen LogP contribution < -0.4 is 15.7 Å². The van der Waals surface area contributed by atoms with Crippen LogP contribution in [0, 0.1) is 0 Å². The predicted octanol–water partition coefficient (Wildman–Crippen LogP) is 6.22. The lowest BCUT2D eigenvalue weighted by atomic mass is 10.0. The lowest BCUT2D eigenvalue weighted by Gasteiger charge is -2.08. The SMILES string of the molecule is CCOc1cccc(-c2c(NCc3ccccc3)oc3c2c(=O)oc2ccccc23)c1. The van der Waals surface area contributed by atoms with Gasteiger partial charge in [0.05, 0.1) is 17.6 Å². The number of benzene rings is 3. The molecule has 5 heteroatoms. The van der Waals surface area contributed by atoms with E-state index in [1.807, 2.05) is 79.7 Å². The van der Waals surface area contributed by atoms with Crippen molar-refractivity contribution in [3.8, 4) is 16.9 Å². The first-order valence-electron chi connectivity index (χ1n) is 10.2. The molecule has 0 aliphatic heterocycles. The van der Waals surface area contributed by atoms with Crippen molar-refractivity contribution in [2.45, 2.75) is 13.5 Å². The van der Waals surface area contributed by atoms with Crippen molar-refractivity contribution in [1.29, 1.82) is 0 Å². The standard InChI is InChI=1S/C26H21NO4/c1-2-29-19-12-8-11-18(15-19)22-23-24(20-13-6-7-14-21(20)30-26(23)28)31-25(22)27-16-17-9-4-3-5-10-17/h3-15,27H,2,16H2,1H3. The van der Waals surface area contributed by atoms with E-state index in [4.69, 9.17) is 13.6 Å². The summed E-state index contributed by atoms with van der Waals surface area (Å²) in [5.41, 5.74) is 3.18. The van der Waals surface area contributed by atoms with Gasteiger partial charge in [-0.05, 0) is 42.3 Å². The third kappa shape index (κ3) is 3.55. The van der Waals surface area contributed by atoms with Crippen molar-refractivity contribution in [2.24, 2.45) is 0 Å². The van der Waals surface area contributed by atoms with Gasteiger partial charge in [0.15, 0.2) is 5.58 Å². The van der Waals surface area contributed by atoms with Crippen LogP contribution >= 0.6 is 0 Å². The molecule has 0 fully saturated rings. The second kappa shape index (κ2) is 8.03. The first-order valence-corrected chi connectivity index (χ1v) is 10.2. The van der Waals surface area contributed by atoms with Crippen molar-refractivity contribution in [1.82, 2.24) is 0 Å². The monoisotopic (exact) mass is 411 g/mol. The molecule has 0 radical (unpaired) electrons. The van der Waals surface area contributed by atoms with Gasteiger partial charge in [-0.15, -0.1) is 0 Å². The van der Waals surface area contributed by atoms with E-state index in [0.29, 0.717) is 41.2 Å². The summed E-state index contributed by atoms with van der Waals surface area (Å²) >= 11 is 0. The number of fused-ring (bicyclic) bond motifs is 3. The molecule has 2 heterocycles. The van der Waals surface area contributed by atoms with Crippen LogP contribution in [-0.4, -0.2) is 6.61 Å². The van der Waals surface area contributed by atoms with Crippen molar-refractivity contribution in [3.05, 3.63) is 94.8 Å². The molecule has 0 saturated carbocycles. The van der Waals surface area contributed by atoms with Gasteiger partial charge in [-0.1, -0.05) is 54.6 Å². The highest BCUT2D eigenvalue weighted by atomic mass is 16.5. The van der Waals surface area contributed by atoms with Gasteiger partial charge in [0.1, 0.15) is 16.7 Å². The predicted molar refractivity (Wildman–Crippen MR) is 123 cm³/mol. The zero-order chi connectivity index (χ0) is 21.2. The smallest absolute Gasteiger partial charge is 0.348 e. The van der Waals surface area contributed by atoms with Crippen LogP contribution in [-0.2, 0) is 6.54 Å². The Bertz CT molecular complexity index is 1420. The summed E-state index contributed by atoms with van der Waals surface area (Å²) in [6.07, 6.45) is 0. The maximum absolute atomic E-state index is 13.0. The number of nitrogens with one attached hydrogen (secondary N) is 1. The van der Waals surface area contributed by atoms with Crippen molar-refractivity contribution in [2.75, 3.05) is 11.9 Å². The molecule has 154 valence electrons. The lowest BCUT2D eigenvalue weighted by Crippen LogP contribution is -2.02. The Labute approximate surface area is 178 Å². The number of para-hydroxylation sites is 1. The Morgan fingerprint density at radius 1 is 0.903 bits per heavy atom. The van der Waals surface area contributed by atoms with E-state index in [-0.39, 0.29) is 0 Å². The first kappa shape index (κ1) is 19.0. The molecule has 3 aromatic carbocycles. The Kier molecular flexibility index (Phi) is 4.92. The Morgan fingerprint density at radius 2 is 1.71 bits per heavy atom. The van der Waals surface area contributed by atoms with Gasteiger partial charge >= 0.3 is 5.63 Å². The summed E-state index contributed by atoms with van der Waals surface area (Å²) in [7, 11) is 0. The van der Waals surface area contributed by atoms with Gasteiger partial charge in [0.2, 0.25) is 5.88 Å². The number of ether oxygens (including phenoxy) is 1. The van der Waals surface area contributed by atoms with Crippen LogP contribution in [0.5, 0.6) is 5.75 Å². The topological polar surface area (TPSA) is 64.6 Å². The fraction of sp³-hybridized carbons (Fsp3) is 0.115. The Balaban J connectivity index is 1.73. The molecule has 0 aliphatic carbocycles. The van der Waals surface area contributed by atoms with Gasteiger partial charge in [-0.3, -0.25) is 0 Å². The molecule has 0 atom stereocenters. The number of anilines is 1. The van der Waals surface area contributed by atoms with Crippen LogP contribution in [0.3, 0.4) is 0 Å². The van der Waals surface area contributed by atoms with Crippen LogP contribution in [0.2, 0.25) is 0 Å². The fourth-order valence-corrected chi connectivity index (χ4v) is 3.80. The van der Waals surface area contributed by atoms with Crippen molar-refractivity contribution in [3.63, 3.8) is 0 Å². The van der Waals surface area contributed by atoms with Crippen LogP contribution in [0.4, 0.5) is 5.88 Å². The second-order valence-corrected chi connectivity index (χ2v) is 7.20. The quantitative estimate of drug-likeness (QED) is 0.336. The van der Waals surface area contributed by atoms with Crippen LogP contribution in [0.1, 0.15) is 12.5 Å². The highest BCUT2D eigenvalue weighted by Crippen LogP contribution is 2.40. The number of rotatable bonds is 6. The summed E-state index contributed by atoms with van der Waals surface area (Å²) in [4.78, 5) is 13.0. The van der Waals surface area contributed by atoms with Gasteiger partial charge < -0.3 is 18.9 Å². The zero-order valence-electron chi connectivity index (χ0n) is 17.1. The summed E-state index contributed by atoms with van der Waals surface area (Å²) in [6, 6.07) is 25.1.